The van der Waals surface area contributed by atoms with Gasteiger partial charge in [-0.15, -0.1) is 0 Å². The molecule has 1 atom stereocenters. The maximum atomic E-state index is 2.46. The Morgan fingerprint density at radius 3 is 0.746 bits per heavy atom. The normalized spacial score (nSPS) is 12.5. The third-order valence-corrected chi connectivity index (χ3v) is 24.1. The van der Waals surface area contributed by atoms with E-state index in [1.165, 1.54) is 198 Å². The number of hydrogen-bond acceptors (Lipinski definition) is 0. The third kappa shape index (κ3) is 11.3. The zero-order valence-corrected chi connectivity index (χ0v) is 63.0. The largest absolute Gasteiger partial charge is 0.338 e. The molecule has 0 bridgehead atoms. The van der Waals surface area contributed by atoms with Crippen LogP contribution in [0.4, 0.5) is 0 Å². The van der Waals surface area contributed by atoms with E-state index in [2.05, 4.69) is 439 Å². The lowest BCUT2D eigenvalue weighted by Gasteiger charge is -2.23. The van der Waals surface area contributed by atoms with E-state index in [0.29, 0.717) is 6.04 Å². The minimum absolute atomic E-state index is 0. The van der Waals surface area contributed by atoms with Gasteiger partial charge in [0.15, 0.2) is 0 Å². The Hall–Kier alpha value is -14.0. The van der Waals surface area contributed by atoms with Crippen LogP contribution in [0.2, 0.25) is 0 Å². The van der Waals surface area contributed by atoms with Crippen LogP contribution in [0.25, 0.3) is 187 Å². The highest BCUT2D eigenvalue weighted by Crippen LogP contribution is 2.51. The highest BCUT2D eigenvalue weighted by molar-refractivity contribution is 6.14. The summed E-state index contributed by atoms with van der Waals surface area (Å²) in [6, 6.07) is 142. The average molecular weight is 1470 g/mol. The molecule has 22 aromatic rings. The lowest BCUT2D eigenvalue weighted by atomic mass is 9.81. The van der Waals surface area contributed by atoms with Crippen molar-refractivity contribution in [2.75, 3.05) is 0 Å². The number of hydrogen-bond donors (Lipinski definition) is 0. The van der Waals surface area contributed by atoms with Gasteiger partial charge in [-0.25, -0.2) is 0 Å². The Bertz CT molecular complexity index is 6990. The first-order valence-electron chi connectivity index (χ1n) is 39.3. The van der Waals surface area contributed by atoms with Gasteiger partial charge >= 0.3 is 0 Å². The van der Waals surface area contributed by atoms with Crippen molar-refractivity contribution in [3.8, 4) is 67.3 Å². The highest BCUT2D eigenvalue weighted by atomic mass is 15.0. The Balaban J connectivity index is 0.000000125. The molecular formula is C109H87N5. The van der Waals surface area contributed by atoms with E-state index in [-0.39, 0.29) is 20.3 Å². The average Bonchev–Trinajstić information content (AvgIpc) is 1.53. The van der Waals surface area contributed by atoms with Gasteiger partial charge in [-0.05, 0) is 195 Å². The summed E-state index contributed by atoms with van der Waals surface area (Å²) in [5, 5.41) is 15.5. The van der Waals surface area contributed by atoms with E-state index < -0.39 is 0 Å². The van der Waals surface area contributed by atoms with E-state index >= 15 is 0 Å². The summed E-state index contributed by atoms with van der Waals surface area (Å²) in [4.78, 5) is 0. The minimum atomic E-state index is -0.127. The van der Waals surface area contributed by atoms with Crippen LogP contribution < -0.4 is 0 Å². The second kappa shape index (κ2) is 28.4. The standard InChI is InChI=1S/C46H30N2.C45H32N2.C16H17N.2CH4/c1-2-12-38-36(32-23-27-34(28-24-32)48-45-19-9-5-15-41(45)42-16-6-10-20-46(42)48)30-29-35(37(38)11-1)31-21-25-33(26-22-31)47-43-17-7-3-13-39(43)40-14-4-8-18-44(40)47;1-45(2)39-27-30(29-19-22-31(23-20-29)46-41-15-7-3-11-35(41)36-12-4-8-16-42(36)46)21-25-33(39)34-26-24-32(28-40(34)45)47-43-17-9-5-13-37(43)38-14-6-10-18-44(38)47;1-3-12(2)17-15-10-6-4-8-13(15)14-9-5-7-11-16(14)17;;/h1-30H;3-28H,1-2H3;4-12H,3H2,1-2H3;2*1H4. The zero-order valence-electron chi connectivity index (χ0n) is 63.0. The van der Waals surface area contributed by atoms with E-state index in [0.717, 1.165) is 6.42 Å². The molecule has 17 aromatic carbocycles. The van der Waals surface area contributed by atoms with Crippen molar-refractivity contribution >= 4 is 120 Å². The van der Waals surface area contributed by atoms with Crippen LogP contribution in [0.15, 0.2) is 388 Å². The molecule has 0 amide bonds. The quantitative estimate of drug-likeness (QED) is 0.138. The second-order valence-electron chi connectivity index (χ2n) is 30.6. The molecule has 0 saturated heterocycles. The Morgan fingerprint density at radius 2 is 0.439 bits per heavy atom. The van der Waals surface area contributed by atoms with Crippen molar-refractivity contribution in [3.63, 3.8) is 0 Å². The number of rotatable bonds is 9. The van der Waals surface area contributed by atoms with Gasteiger partial charge in [-0.2, -0.15) is 0 Å². The molecule has 0 aliphatic heterocycles. The van der Waals surface area contributed by atoms with Crippen molar-refractivity contribution in [2.45, 2.75) is 60.4 Å². The lowest BCUT2D eigenvalue weighted by Crippen LogP contribution is -2.15. The molecule has 0 saturated carbocycles. The van der Waals surface area contributed by atoms with Crippen molar-refractivity contribution in [2.24, 2.45) is 0 Å². The predicted octanol–water partition coefficient (Wildman–Crippen LogP) is 30.3. The number of aromatic nitrogens is 5. The first kappa shape index (κ1) is 70.4. The molecule has 114 heavy (non-hydrogen) atoms. The van der Waals surface area contributed by atoms with Crippen LogP contribution in [-0.4, -0.2) is 22.8 Å². The fourth-order valence-electron chi connectivity index (χ4n) is 18.6. The molecule has 5 aromatic heterocycles. The SMILES string of the molecule is C.C.CC1(C)c2cc(-c3ccc(-n4c5ccccc5c5ccccc54)cc3)ccc2-c2ccc(-n3c4ccccc4c4ccccc43)cc21.CCC(C)n1c2ccccc2c2ccccc21.c1ccc2c(-c3ccc(-n4c5ccccc5c5ccccc54)cc3)ccc(-c3ccc(-n4c5ccccc5c5ccccc54)cc3)c2c1. The van der Waals surface area contributed by atoms with Gasteiger partial charge in [-0.3, -0.25) is 0 Å². The van der Waals surface area contributed by atoms with Crippen LogP contribution in [-0.2, 0) is 5.41 Å². The number of nitrogens with zero attached hydrogens (tertiary/aromatic N) is 5. The summed E-state index contributed by atoms with van der Waals surface area (Å²) in [6.07, 6.45) is 1.16. The first-order valence-corrected chi connectivity index (χ1v) is 39.3. The molecule has 1 aliphatic carbocycles. The van der Waals surface area contributed by atoms with Crippen molar-refractivity contribution in [1.29, 1.82) is 0 Å². The van der Waals surface area contributed by atoms with Gasteiger partial charge in [0.25, 0.3) is 0 Å². The highest BCUT2D eigenvalue weighted by Gasteiger charge is 2.36. The lowest BCUT2D eigenvalue weighted by molar-refractivity contribution is 0.563. The number of para-hydroxylation sites is 10. The topological polar surface area (TPSA) is 24.6 Å². The molecule has 5 heterocycles. The molecule has 0 spiro atoms. The van der Waals surface area contributed by atoms with Crippen LogP contribution in [0.3, 0.4) is 0 Å². The van der Waals surface area contributed by atoms with Crippen LogP contribution >= 0.6 is 0 Å². The molecule has 1 unspecified atom stereocenters. The Kier molecular flexibility index (Phi) is 17.5. The van der Waals surface area contributed by atoms with Gasteiger partial charge < -0.3 is 22.8 Å². The van der Waals surface area contributed by atoms with Gasteiger partial charge in [0.2, 0.25) is 0 Å². The fourth-order valence-corrected chi connectivity index (χ4v) is 18.6. The molecule has 23 rings (SSSR count). The monoisotopic (exact) mass is 1470 g/mol. The third-order valence-electron chi connectivity index (χ3n) is 24.1. The van der Waals surface area contributed by atoms with Crippen LogP contribution in [0, 0.1) is 0 Å². The minimum Gasteiger partial charge on any atom is -0.338 e. The molecule has 5 heteroatoms. The Morgan fingerprint density at radius 1 is 0.219 bits per heavy atom. The first-order chi connectivity index (χ1) is 55.2. The summed E-state index contributed by atoms with van der Waals surface area (Å²) >= 11 is 0. The van der Waals surface area contributed by atoms with Gasteiger partial charge in [-0.1, -0.05) is 309 Å². The summed E-state index contributed by atoms with van der Waals surface area (Å²) in [5.74, 6) is 0. The molecule has 5 nitrogen and oxygen atoms in total. The van der Waals surface area contributed by atoms with Crippen LogP contribution in [0.1, 0.15) is 66.1 Å². The van der Waals surface area contributed by atoms with Crippen molar-refractivity contribution in [1.82, 2.24) is 22.8 Å². The summed E-state index contributed by atoms with van der Waals surface area (Å²) in [6.45, 7) is 9.29. The molecular weight excluding hydrogens is 1380 g/mol. The maximum absolute atomic E-state index is 2.46. The molecule has 0 radical (unpaired) electrons. The van der Waals surface area contributed by atoms with E-state index in [4.69, 9.17) is 0 Å². The van der Waals surface area contributed by atoms with Crippen molar-refractivity contribution in [3.05, 3.63) is 399 Å². The van der Waals surface area contributed by atoms with E-state index in [9.17, 15) is 0 Å². The maximum Gasteiger partial charge on any atom is 0.0541 e. The van der Waals surface area contributed by atoms with E-state index in [1.54, 1.807) is 0 Å². The fraction of sp³-hybridized carbons (Fsp3) is 0.0826. The van der Waals surface area contributed by atoms with Crippen LogP contribution in [0.5, 0.6) is 0 Å². The molecule has 548 valence electrons. The number of benzene rings is 17. The zero-order chi connectivity index (χ0) is 74.7. The molecule has 0 fully saturated rings. The summed E-state index contributed by atoms with van der Waals surface area (Å²) in [5.41, 5.74) is 30.0. The number of fused-ring (bicyclic) bond motifs is 19. The Labute approximate surface area is 665 Å². The van der Waals surface area contributed by atoms with Gasteiger partial charge in [0, 0.05) is 99.1 Å². The molecule has 0 N–H and O–H groups in total. The van der Waals surface area contributed by atoms with Gasteiger partial charge in [0.05, 0.1) is 44.1 Å². The molecule has 1 aliphatic rings. The summed E-state index contributed by atoms with van der Waals surface area (Å²) in [7, 11) is 0. The van der Waals surface area contributed by atoms with Crippen molar-refractivity contribution < 1.29 is 0 Å². The predicted molar refractivity (Wildman–Crippen MR) is 490 cm³/mol. The van der Waals surface area contributed by atoms with E-state index in [1.807, 2.05) is 0 Å². The second-order valence-corrected chi connectivity index (χ2v) is 30.6. The smallest absolute Gasteiger partial charge is 0.0541 e. The van der Waals surface area contributed by atoms with Gasteiger partial charge in [0.1, 0.15) is 0 Å². The summed E-state index contributed by atoms with van der Waals surface area (Å²) < 4.78 is 12.0.